The lowest BCUT2D eigenvalue weighted by Crippen LogP contribution is -2.49. The van der Waals surface area contributed by atoms with Crippen molar-refractivity contribution in [1.82, 2.24) is 20.4 Å². The van der Waals surface area contributed by atoms with Crippen molar-refractivity contribution >= 4 is 17.9 Å². The third-order valence-corrected chi connectivity index (χ3v) is 7.10. The van der Waals surface area contributed by atoms with Crippen molar-refractivity contribution in [3.05, 3.63) is 36.5 Å². The molecule has 4 unspecified atom stereocenters. The van der Waals surface area contributed by atoms with Crippen molar-refractivity contribution in [2.45, 2.75) is 64.1 Å². The lowest BCUT2D eigenvalue weighted by molar-refractivity contribution is -0.127. The van der Waals surface area contributed by atoms with Gasteiger partial charge in [-0.25, -0.2) is 4.79 Å². The van der Waals surface area contributed by atoms with E-state index in [1.165, 1.54) is 0 Å². The summed E-state index contributed by atoms with van der Waals surface area (Å²) in [7, 11) is 2.06. The Morgan fingerprint density at radius 3 is 2.65 bits per heavy atom. The molecule has 3 amide bonds. The normalized spacial score (nSPS) is 27.6. The highest BCUT2D eigenvalue weighted by Crippen LogP contribution is 2.31. The third-order valence-electron chi connectivity index (χ3n) is 7.10. The number of likely N-dealkylation sites (tertiary alicyclic amines) is 2. The van der Waals surface area contributed by atoms with Crippen LogP contribution in [0.15, 0.2) is 36.5 Å². The van der Waals surface area contributed by atoms with E-state index in [0.717, 1.165) is 37.9 Å². The number of piperidine rings is 1. The molecule has 0 radical (unpaired) electrons. The van der Waals surface area contributed by atoms with Crippen LogP contribution in [0.4, 0.5) is 4.79 Å². The molecule has 0 spiro atoms. The summed E-state index contributed by atoms with van der Waals surface area (Å²) >= 11 is 0. The standard InChI is InChI=1S/C26H40N4O4/c1-5-7-19(8-6-2)21-16-23(25(32)28-18(3)15-20-9-12-27-24(20)31)30(17-21)26(33)34-22-10-13-29(4)14-11-22/h5-8,18,20-23H,1,9-17H2,2-4H3,(H,27,31)(H,28,32)/b8-6-,19-7+. The van der Waals surface area contributed by atoms with Gasteiger partial charge in [-0.05, 0) is 58.6 Å². The van der Waals surface area contributed by atoms with Crippen molar-refractivity contribution in [1.29, 1.82) is 0 Å². The molecule has 0 bridgehead atoms. The van der Waals surface area contributed by atoms with Gasteiger partial charge in [-0.3, -0.25) is 14.5 Å². The van der Waals surface area contributed by atoms with E-state index in [1.54, 1.807) is 11.0 Å². The molecular formula is C26H40N4O4. The fourth-order valence-corrected chi connectivity index (χ4v) is 5.19. The van der Waals surface area contributed by atoms with Crippen LogP contribution < -0.4 is 10.6 Å². The second kappa shape index (κ2) is 12.2. The van der Waals surface area contributed by atoms with Crippen LogP contribution in [0, 0.1) is 11.8 Å². The molecule has 3 saturated heterocycles. The number of carbonyl (C=O) groups is 3. The van der Waals surface area contributed by atoms with Gasteiger partial charge in [0.15, 0.2) is 0 Å². The number of amides is 3. The molecule has 0 aromatic rings. The van der Waals surface area contributed by atoms with Gasteiger partial charge < -0.3 is 20.3 Å². The van der Waals surface area contributed by atoms with Crippen LogP contribution >= 0.6 is 0 Å². The maximum Gasteiger partial charge on any atom is 0.410 e. The zero-order chi connectivity index (χ0) is 24.7. The summed E-state index contributed by atoms with van der Waals surface area (Å²) in [6.45, 7) is 10.6. The average Bonchev–Trinajstić information content (AvgIpc) is 3.42. The van der Waals surface area contributed by atoms with Crippen LogP contribution in [0.1, 0.15) is 46.0 Å². The van der Waals surface area contributed by atoms with Crippen LogP contribution in [0.3, 0.4) is 0 Å². The first-order valence-electron chi connectivity index (χ1n) is 12.5. The number of nitrogens with zero attached hydrogens (tertiary/aromatic N) is 2. The van der Waals surface area contributed by atoms with Gasteiger partial charge in [-0.1, -0.05) is 30.9 Å². The zero-order valence-electron chi connectivity index (χ0n) is 20.8. The van der Waals surface area contributed by atoms with Gasteiger partial charge in [0.2, 0.25) is 11.8 Å². The number of nitrogens with one attached hydrogen (secondary N) is 2. The molecule has 0 aromatic carbocycles. The minimum atomic E-state index is -0.609. The van der Waals surface area contributed by atoms with Gasteiger partial charge in [0.25, 0.3) is 0 Å². The number of rotatable bonds is 8. The van der Waals surface area contributed by atoms with Gasteiger partial charge in [-0.15, -0.1) is 0 Å². The van der Waals surface area contributed by atoms with E-state index in [0.29, 0.717) is 25.9 Å². The number of hydrogen-bond acceptors (Lipinski definition) is 5. The molecule has 2 N–H and O–H groups in total. The van der Waals surface area contributed by atoms with Crippen LogP contribution in [-0.4, -0.2) is 79.1 Å². The number of hydrogen-bond donors (Lipinski definition) is 2. The lowest BCUT2D eigenvalue weighted by atomic mass is 9.94. The quantitative estimate of drug-likeness (QED) is 0.530. The molecule has 0 aromatic heterocycles. The molecular weight excluding hydrogens is 432 g/mol. The van der Waals surface area contributed by atoms with Crippen LogP contribution in [0.2, 0.25) is 0 Å². The zero-order valence-corrected chi connectivity index (χ0v) is 20.8. The fourth-order valence-electron chi connectivity index (χ4n) is 5.19. The Bertz CT molecular complexity index is 816. The summed E-state index contributed by atoms with van der Waals surface area (Å²) < 4.78 is 5.85. The first kappa shape index (κ1) is 26.0. The summed E-state index contributed by atoms with van der Waals surface area (Å²) in [6.07, 6.45) is 10.6. The summed E-state index contributed by atoms with van der Waals surface area (Å²) in [5.74, 6) is -0.192. The lowest BCUT2D eigenvalue weighted by Gasteiger charge is -2.31. The summed E-state index contributed by atoms with van der Waals surface area (Å²) in [5, 5.41) is 5.90. The van der Waals surface area contributed by atoms with Crippen molar-refractivity contribution in [3.63, 3.8) is 0 Å². The number of ether oxygens (including phenoxy) is 1. The molecule has 3 rings (SSSR count). The Hall–Kier alpha value is -2.61. The Morgan fingerprint density at radius 1 is 1.29 bits per heavy atom. The molecule has 188 valence electrons. The Balaban J connectivity index is 1.69. The van der Waals surface area contributed by atoms with E-state index in [1.807, 2.05) is 32.1 Å². The molecule has 4 atom stereocenters. The molecule has 0 aliphatic carbocycles. The van der Waals surface area contributed by atoms with Crippen molar-refractivity contribution in [3.8, 4) is 0 Å². The topological polar surface area (TPSA) is 91.0 Å². The molecule has 3 fully saturated rings. The molecule has 3 aliphatic rings. The van der Waals surface area contributed by atoms with Crippen LogP contribution in [0.5, 0.6) is 0 Å². The van der Waals surface area contributed by atoms with Gasteiger partial charge in [0, 0.05) is 44.1 Å². The molecule has 8 nitrogen and oxygen atoms in total. The second-order valence-electron chi connectivity index (χ2n) is 9.81. The second-order valence-corrected chi connectivity index (χ2v) is 9.81. The number of allylic oxidation sites excluding steroid dienone is 4. The minimum Gasteiger partial charge on any atom is -0.446 e. The van der Waals surface area contributed by atoms with Gasteiger partial charge in [-0.2, -0.15) is 0 Å². The van der Waals surface area contributed by atoms with Gasteiger partial charge in [0.1, 0.15) is 12.1 Å². The fraction of sp³-hybridized carbons (Fsp3) is 0.654. The monoisotopic (exact) mass is 472 g/mol. The summed E-state index contributed by atoms with van der Waals surface area (Å²) in [4.78, 5) is 42.3. The Kier molecular flexibility index (Phi) is 9.33. The van der Waals surface area contributed by atoms with Crippen molar-refractivity contribution < 1.29 is 19.1 Å². The SMILES string of the molecule is C=C/C=C(\C=C/C)C1CC(C(=O)NC(C)CC2CCNC2=O)N(C(=O)OC2CCN(C)CC2)C1. The highest BCUT2D eigenvalue weighted by Gasteiger charge is 2.42. The molecule has 8 heteroatoms. The van der Waals surface area contributed by atoms with E-state index in [-0.39, 0.29) is 35.8 Å². The van der Waals surface area contributed by atoms with Gasteiger partial charge >= 0.3 is 6.09 Å². The van der Waals surface area contributed by atoms with Crippen molar-refractivity contribution in [2.75, 3.05) is 33.2 Å². The van der Waals surface area contributed by atoms with E-state index < -0.39 is 12.1 Å². The predicted molar refractivity (Wildman–Crippen MR) is 132 cm³/mol. The highest BCUT2D eigenvalue weighted by atomic mass is 16.6. The third kappa shape index (κ3) is 6.72. The van der Waals surface area contributed by atoms with Gasteiger partial charge in [0.05, 0.1) is 0 Å². The molecule has 0 saturated carbocycles. The summed E-state index contributed by atoms with van der Waals surface area (Å²) in [5.41, 5.74) is 1.04. The predicted octanol–water partition coefficient (Wildman–Crippen LogP) is 2.63. The molecule has 34 heavy (non-hydrogen) atoms. The first-order chi connectivity index (χ1) is 16.3. The van der Waals surface area contributed by atoms with Crippen molar-refractivity contribution in [2.24, 2.45) is 11.8 Å². The van der Waals surface area contributed by atoms with E-state index in [2.05, 4.69) is 29.2 Å². The Morgan fingerprint density at radius 2 is 2.03 bits per heavy atom. The Labute approximate surface area is 203 Å². The maximum absolute atomic E-state index is 13.3. The smallest absolute Gasteiger partial charge is 0.410 e. The largest absolute Gasteiger partial charge is 0.446 e. The molecule has 3 aliphatic heterocycles. The highest BCUT2D eigenvalue weighted by molar-refractivity contribution is 5.87. The first-order valence-corrected chi connectivity index (χ1v) is 12.5. The van der Waals surface area contributed by atoms with Crippen LogP contribution in [-0.2, 0) is 14.3 Å². The molecule has 3 heterocycles. The van der Waals surface area contributed by atoms with E-state index in [4.69, 9.17) is 4.74 Å². The average molecular weight is 473 g/mol. The maximum atomic E-state index is 13.3. The van der Waals surface area contributed by atoms with Crippen LogP contribution in [0.25, 0.3) is 0 Å². The minimum absolute atomic E-state index is 0.0194. The van der Waals surface area contributed by atoms with E-state index in [9.17, 15) is 14.4 Å². The summed E-state index contributed by atoms with van der Waals surface area (Å²) in [6, 6.07) is -0.770. The number of carbonyl (C=O) groups excluding carboxylic acids is 3. The van der Waals surface area contributed by atoms with E-state index >= 15 is 0 Å².